The summed E-state index contributed by atoms with van der Waals surface area (Å²) in [5.74, 6) is 0. The van der Waals surface area contributed by atoms with Crippen molar-refractivity contribution in [3.8, 4) is 6.07 Å². The summed E-state index contributed by atoms with van der Waals surface area (Å²) in [6, 6.07) is 4.24. The van der Waals surface area contributed by atoms with E-state index in [1.165, 1.54) is 16.6 Å². The van der Waals surface area contributed by atoms with Crippen molar-refractivity contribution in [3.63, 3.8) is 0 Å². The molecule has 0 bridgehead atoms. The molecular weight excluding hydrogens is 270 g/mol. The second-order valence-electron chi connectivity index (χ2n) is 4.01. The molecule has 2 heterocycles. The highest BCUT2D eigenvalue weighted by Crippen LogP contribution is 2.15. The molecule has 0 spiro atoms. The van der Waals surface area contributed by atoms with Gasteiger partial charge in [-0.15, -0.1) is 0 Å². The highest BCUT2D eigenvalue weighted by molar-refractivity contribution is 7.89. The van der Waals surface area contributed by atoms with Crippen LogP contribution < -0.4 is 5.56 Å². The van der Waals surface area contributed by atoms with E-state index in [4.69, 9.17) is 10.00 Å². The van der Waals surface area contributed by atoms with Crippen molar-refractivity contribution in [1.82, 2.24) is 8.87 Å². The Kier molecular flexibility index (Phi) is 3.99. The van der Waals surface area contributed by atoms with Gasteiger partial charge in [-0.1, -0.05) is 0 Å². The van der Waals surface area contributed by atoms with Gasteiger partial charge in [0, 0.05) is 25.4 Å². The van der Waals surface area contributed by atoms with Crippen molar-refractivity contribution in [3.05, 3.63) is 28.7 Å². The summed E-state index contributed by atoms with van der Waals surface area (Å²) in [5.41, 5.74) is -0.400. The molecule has 8 heteroatoms. The van der Waals surface area contributed by atoms with Crippen LogP contribution in [0.2, 0.25) is 0 Å². The average molecular weight is 283 g/mol. The maximum atomic E-state index is 12.3. The maximum Gasteiger partial charge on any atom is 0.251 e. The number of pyridine rings is 1. The SMILES string of the molecule is N#CCn1cc(S(=O)(=O)N2CCOCC2)ccc1=O. The van der Waals surface area contributed by atoms with Crippen LogP contribution in [-0.4, -0.2) is 43.6 Å². The molecule has 0 aromatic carbocycles. The van der Waals surface area contributed by atoms with E-state index in [9.17, 15) is 13.2 Å². The third-order valence-electron chi connectivity index (χ3n) is 2.81. The smallest absolute Gasteiger partial charge is 0.251 e. The molecule has 1 aromatic rings. The number of rotatable bonds is 3. The number of sulfonamides is 1. The number of ether oxygens (including phenoxy) is 1. The van der Waals surface area contributed by atoms with Crippen LogP contribution in [0.15, 0.2) is 28.0 Å². The van der Waals surface area contributed by atoms with Crippen molar-refractivity contribution in [2.24, 2.45) is 0 Å². The van der Waals surface area contributed by atoms with Crippen LogP contribution in [0.5, 0.6) is 0 Å². The Balaban J connectivity index is 2.37. The van der Waals surface area contributed by atoms with Crippen molar-refractivity contribution >= 4 is 10.0 Å². The van der Waals surface area contributed by atoms with E-state index in [0.717, 1.165) is 10.6 Å². The summed E-state index contributed by atoms with van der Waals surface area (Å²) in [5, 5.41) is 8.60. The zero-order valence-corrected chi connectivity index (χ0v) is 11.0. The fraction of sp³-hybridized carbons (Fsp3) is 0.455. The van der Waals surface area contributed by atoms with Gasteiger partial charge < -0.3 is 9.30 Å². The molecule has 1 aromatic heterocycles. The van der Waals surface area contributed by atoms with E-state index in [1.807, 2.05) is 6.07 Å². The molecule has 0 radical (unpaired) electrons. The van der Waals surface area contributed by atoms with Gasteiger partial charge in [-0.05, 0) is 6.07 Å². The summed E-state index contributed by atoms with van der Waals surface area (Å²) in [6.07, 6.45) is 1.20. The molecule has 1 aliphatic heterocycles. The number of aromatic nitrogens is 1. The minimum absolute atomic E-state index is 0.0178. The molecule has 0 saturated carbocycles. The fourth-order valence-electron chi connectivity index (χ4n) is 1.80. The van der Waals surface area contributed by atoms with E-state index in [2.05, 4.69) is 0 Å². The van der Waals surface area contributed by atoms with Gasteiger partial charge in [0.15, 0.2) is 0 Å². The molecule has 0 N–H and O–H groups in total. The molecule has 2 rings (SSSR count). The Morgan fingerprint density at radius 3 is 2.63 bits per heavy atom. The summed E-state index contributed by atoms with van der Waals surface area (Å²) in [4.78, 5) is 11.5. The van der Waals surface area contributed by atoms with E-state index in [1.54, 1.807) is 0 Å². The predicted molar refractivity (Wildman–Crippen MR) is 65.9 cm³/mol. The van der Waals surface area contributed by atoms with E-state index >= 15 is 0 Å². The van der Waals surface area contributed by atoms with Gasteiger partial charge in [-0.2, -0.15) is 9.57 Å². The summed E-state index contributed by atoms with van der Waals surface area (Å²) in [7, 11) is -3.64. The highest BCUT2D eigenvalue weighted by atomic mass is 32.2. The Morgan fingerprint density at radius 2 is 2.00 bits per heavy atom. The number of nitrogens with zero attached hydrogens (tertiary/aromatic N) is 3. The molecule has 19 heavy (non-hydrogen) atoms. The molecule has 1 aliphatic rings. The third kappa shape index (κ3) is 2.84. The standard InChI is InChI=1S/C11H13N3O4S/c12-3-4-13-9-10(1-2-11(13)15)19(16,17)14-5-7-18-8-6-14/h1-2,9H,4-8H2. The molecular formula is C11H13N3O4S. The Bertz CT molecular complexity index is 653. The van der Waals surface area contributed by atoms with Gasteiger partial charge in [-0.25, -0.2) is 8.42 Å². The largest absolute Gasteiger partial charge is 0.379 e. The zero-order chi connectivity index (χ0) is 13.9. The lowest BCUT2D eigenvalue weighted by molar-refractivity contribution is 0.0730. The van der Waals surface area contributed by atoms with E-state index < -0.39 is 15.6 Å². The first-order valence-electron chi connectivity index (χ1n) is 5.71. The van der Waals surface area contributed by atoms with Gasteiger partial charge in [0.1, 0.15) is 6.54 Å². The second-order valence-corrected chi connectivity index (χ2v) is 5.94. The van der Waals surface area contributed by atoms with Crippen LogP contribution in [-0.2, 0) is 21.3 Å². The van der Waals surface area contributed by atoms with Gasteiger partial charge in [0.05, 0.1) is 24.2 Å². The zero-order valence-electron chi connectivity index (χ0n) is 10.2. The number of hydrogen-bond donors (Lipinski definition) is 0. The van der Waals surface area contributed by atoms with Gasteiger partial charge in [0.25, 0.3) is 5.56 Å². The molecule has 1 saturated heterocycles. The normalized spacial score (nSPS) is 17.0. The van der Waals surface area contributed by atoms with Crippen LogP contribution in [0.25, 0.3) is 0 Å². The minimum Gasteiger partial charge on any atom is -0.379 e. The van der Waals surface area contributed by atoms with Crippen molar-refractivity contribution < 1.29 is 13.2 Å². The third-order valence-corrected chi connectivity index (χ3v) is 4.69. The van der Waals surface area contributed by atoms with Crippen molar-refractivity contribution in [1.29, 1.82) is 5.26 Å². The quantitative estimate of drug-likeness (QED) is 0.738. The average Bonchev–Trinajstić information content (AvgIpc) is 2.42. The molecule has 102 valence electrons. The Labute approximate surface area is 110 Å². The number of nitriles is 1. The maximum absolute atomic E-state index is 12.3. The lowest BCUT2D eigenvalue weighted by atomic mass is 10.4. The lowest BCUT2D eigenvalue weighted by Crippen LogP contribution is -2.41. The van der Waals surface area contributed by atoms with E-state index in [-0.39, 0.29) is 11.4 Å². The Hall–Kier alpha value is -1.69. The van der Waals surface area contributed by atoms with Crippen LogP contribution in [0, 0.1) is 11.3 Å². The topological polar surface area (TPSA) is 92.4 Å². The first kappa shape index (κ1) is 13.7. The highest BCUT2D eigenvalue weighted by Gasteiger charge is 2.26. The van der Waals surface area contributed by atoms with Crippen molar-refractivity contribution in [2.75, 3.05) is 26.3 Å². The van der Waals surface area contributed by atoms with Crippen LogP contribution in [0.1, 0.15) is 0 Å². The molecule has 0 unspecified atom stereocenters. The minimum atomic E-state index is -3.64. The summed E-state index contributed by atoms with van der Waals surface area (Å²) in [6.45, 7) is 1.12. The number of morpholine rings is 1. The summed E-state index contributed by atoms with van der Waals surface area (Å²) >= 11 is 0. The fourth-order valence-corrected chi connectivity index (χ4v) is 3.23. The lowest BCUT2D eigenvalue weighted by Gasteiger charge is -2.26. The molecule has 7 nitrogen and oxygen atoms in total. The first-order chi connectivity index (χ1) is 9.05. The predicted octanol–water partition coefficient (Wildman–Crippen LogP) is -0.607. The molecule has 0 atom stereocenters. The van der Waals surface area contributed by atoms with Gasteiger partial charge in [0.2, 0.25) is 10.0 Å². The van der Waals surface area contributed by atoms with Gasteiger partial charge >= 0.3 is 0 Å². The summed E-state index contributed by atoms with van der Waals surface area (Å²) < 4.78 is 32.2. The molecule has 0 aliphatic carbocycles. The van der Waals surface area contributed by atoms with Crippen LogP contribution in [0.3, 0.4) is 0 Å². The molecule has 1 fully saturated rings. The monoisotopic (exact) mass is 283 g/mol. The second kappa shape index (κ2) is 5.52. The van der Waals surface area contributed by atoms with Gasteiger partial charge in [-0.3, -0.25) is 4.79 Å². The van der Waals surface area contributed by atoms with Crippen molar-refractivity contribution in [2.45, 2.75) is 11.4 Å². The van der Waals surface area contributed by atoms with Crippen LogP contribution >= 0.6 is 0 Å². The number of hydrogen-bond acceptors (Lipinski definition) is 5. The Morgan fingerprint density at radius 1 is 1.32 bits per heavy atom. The first-order valence-corrected chi connectivity index (χ1v) is 7.15. The van der Waals surface area contributed by atoms with Crippen LogP contribution in [0.4, 0.5) is 0 Å². The molecule has 0 amide bonds. The van der Waals surface area contributed by atoms with E-state index in [0.29, 0.717) is 26.3 Å².